The van der Waals surface area contributed by atoms with E-state index in [0.29, 0.717) is 6.42 Å². The van der Waals surface area contributed by atoms with E-state index in [1.165, 1.54) is 0 Å². The number of hydrogen-bond acceptors (Lipinski definition) is 2. The van der Waals surface area contributed by atoms with Gasteiger partial charge in [0.25, 0.3) is 0 Å². The Morgan fingerprint density at radius 1 is 1.64 bits per heavy atom. The van der Waals surface area contributed by atoms with Crippen LogP contribution in [0.3, 0.4) is 0 Å². The molecule has 66 valence electrons. The molecule has 0 aromatic rings. The van der Waals surface area contributed by atoms with Gasteiger partial charge >= 0.3 is 0 Å². The number of rotatable bonds is 2. The zero-order valence-electron chi connectivity index (χ0n) is 5.96. The highest BCUT2D eigenvalue weighted by Gasteiger charge is 2.33. The lowest BCUT2D eigenvalue weighted by molar-refractivity contribution is 0.275. The van der Waals surface area contributed by atoms with Crippen molar-refractivity contribution in [2.45, 2.75) is 12.6 Å². The largest absolute Gasteiger partial charge is 0.246 e. The Balaban J connectivity index is 2.55. The van der Waals surface area contributed by atoms with Crippen LogP contribution in [0.1, 0.15) is 6.42 Å². The summed E-state index contributed by atoms with van der Waals surface area (Å²) >= 11 is 2.99. The summed E-state index contributed by atoms with van der Waals surface area (Å²) in [6.45, 7) is 0. The molecule has 1 saturated heterocycles. The number of halogens is 2. The molecule has 0 aromatic heterocycles. The third-order valence-corrected chi connectivity index (χ3v) is 4.34. The normalized spacial score (nSPS) is 32.0. The molecule has 0 spiro atoms. The molecule has 0 saturated carbocycles. The molecule has 1 rings (SSSR count). The molecule has 0 N–H and O–H groups in total. The van der Waals surface area contributed by atoms with Gasteiger partial charge in [0.2, 0.25) is 0 Å². The van der Waals surface area contributed by atoms with E-state index in [1.54, 1.807) is 0 Å². The van der Waals surface area contributed by atoms with Gasteiger partial charge in [-0.05, 0) is 6.42 Å². The zero-order chi connectivity index (χ0) is 8.48. The first kappa shape index (κ1) is 9.45. The van der Waals surface area contributed by atoms with Crippen LogP contribution in [0.15, 0.2) is 0 Å². The summed E-state index contributed by atoms with van der Waals surface area (Å²) in [5.74, 6) is -0.0930. The average molecular weight is 245 g/mol. The molecule has 1 fully saturated rings. The lowest BCUT2D eigenvalue weighted by atomic mass is 10.1. The third-order valence-electron chi connectivity index (χ3n) is 1.93. The van der Waals surface area contributed by atoms with Gasteiger partial charge in [-0.2, -0.15) is 0 Å². The molecular formula is C6H10BrFO2S. The Bertz CT molecular complexity index is 227. The van der Waals surface area contributed by atoms with Crippen LogP contribution in [0.5, 0.6) is 0 Å². The second kappa shape index (κ2) is 3.39. The Morgan fingerprint density at radius 3 is 2.64 bits per heavy atom. The summed E-state index contributed by atoms with van der Waals surface area (Å²) in [5.41, 5.74) is 0. The van der Waals surface area contributed by atoms with Crippen molar-refractivity contribution in [3.8, 4) is 0 Å². The van der Waals surface area contributed by atoms with Crippen LogP contribution in [0, 0.1) is 5.92 Å². The standard InChI is InChI=1S/C6H10BrFO2S/c7-3-6(8)5-1-2-11(9,10)4-5/h5-6H,1-4H2. The molecule has 2 nitrogen and oxygen atoms in total. The molecular weight excluding hydrogens is 235 g/mol. The summed E-state index contributed by atoms with van der Waals surface area (Å²) in [5, 5.41) is 0.243. The van der Waals surface area contributed by atoms with Gasteiger partial charge in [0, 0.05) is 11.2 Å². The van der Waals surface area contributed by atoms with E-state index in [9.17, 15) is 12.8 Å². The average Bonchev–Trinajstić information content (AvgIpc) is 2.29. The minimum absolute atomic E-state index is 0.0275. The summed E-state index contributed by atoms with van der Waals surface area (Å²) in [7, 11) is -2.91. The fraction of sp³-hybridized carbons (Fsp3) is 1.00. The van der Waals surface area contributed by atoms with E-state index in [2.05, 4.69) is 15.9 Å². The molecule has 2 atom stereocenters. The van der Waals surface area contributed by atoms with Crippen molar-refractivity contribution >= 4 is 25.8 Å². The quantitative estimate of drug-likeness (QED) is 0.684. The topological polar surface area (TPSA) is 34.1 Å². The molecule has 0 radical (unpaired) electrons. The first-order valence-corrected chi connectivity index (χ1v) is 6.40. The van der Waals surface area contributed by atoms with E-state index in [-0.39, 0.29) is 22.8 Å². The second-order valence-electron chi connectivity index (χ2n) is 2.83. The van der Waals surface area contributed by atoms with Gasteiger partial charge in [-0.25, -0.2) is 12.8 Å². The zero-order valence-corrected chi connectivity index (χ0v) is 8.37. The predicted octanol–water partition coefficient (Wildman–Crippen LogP) is 1.15. The van der Waals surface area contributed by atoms with Gasteiger partial charge in [-0.3, -0.25) is 0 Å². The molecule has 1 aliphatic rings. The number of alkyl halides is 2. The summed E-state index contributed by atoms with van der Waals surface area (Å²) in [4.78, 5) is 0. The smallest absolute Gasteiger partial charge is 0.150 e. The van der Waals surface area contributed by atoms with Crippen LogP contribution in [-0.2, 0) is 9.84 Å². The first-order chi connectivity index (χ1) is 5.05. The van der Waals surface area contributed by atoms with Crippen LogP contribution in [0.4, 0.5) is 4.39 Å². The fourth-order valence-electron chi connectivity index (χ4n) is 1.24. The van der Waals surface area contributed by atoms with Crippen molar-refractivity contribution in [1.82, 2.24) is 0 Å². The summed E-state index contributed by atoms with van der Waals surface area (Å²) < 4.78 is 34.6. The van der Waals surface area contributed by atoms with Crippen molar-refractivity contribution in [3.63, 3.8) is 0 Å². The van der Waals surface area contributed by atoms with E-state index in [0.717, 1.165) is 0 Å². The molecule has 0 amide bonds. The van der Waals surface area contributed by atoms with Gasteiger partial charge in [0.15, 0.2) is 9.84 Å². The molecule has 5 heteroatoms. The Kier molecular flexibility index (Phi) is 2.91. The van der Waals surface area contributed by atoms with Gasteiger partial charge in [0.05, 0.1) is 11.5 Å². The van der Waals surface area contributed by atoms with Gasteiger partial charge in [-0.1, -0.05) is 15.9 Å². The van der Waals surface area contributed by atoms with E-state index in [4.69, 9.17) is 0 Å². The van der Waals surface area contributed by atoms with Crippen molar-refractivity contribution < 1.29 is 12.8 Å². The maximum Gasteiger partial charge on any atom is 0.150 e. The van der Waals surface area contributed by atoms with Gasteiger partial charge in [-0.15, -0.1) is 0 Å². The molecule has 0 bridgehead atoms. The lowest BCUT2D eigenvalue weighted by Gasteiger charge is -2.09. The van der Waals surface area contributed by atoms with Crippen LogP contribution >= 0.6 is 15.9 Å². The van der Waals surface area contributed by atoms with Crippen molar-refractivity contribution in [3.05, 3.63) is 0 Å². The minimum atomic E-state index is -2.91. The minimum Gasteiger partial charge on any atom is -0.246 e. The third kappa shape index (κ3) is 2.40. The Hall–Kier alpha value is 0.360. The molecule has 11 heavy (non-hydrogen) atoms. The highest BCUT2D eigenvalue weighted by atomic mass is 79.9. The highest BCUT2D eigenvalue weighted by Crippen LogP contribution is 2.24. The lowest BCUT2D eigenvalue weighted by Crippen LogP contribution is -2.18. The molecule has 1 aliphatic heterocycles. The molecule has 1 heterocycles. The second-order valence-corrected chi connectivity index (χ2v) is 5.71. The van der Waals surface area contributed by atoms with E-state index >= 15 is 0 Å². The van der Waals surface area contributed by atoms with Gasteiger partial charge in [0.1, 0.15) is 6.17 Å². The SMILES string of the molecule is O=S1(=O)CCC(C(F)CBr)C1. The fourth-order valence-corrected chi connectivity index (χ4v) is 3.62. The molecule has 2 unspecified atom stereocenters. The molecule has 0 aliphatic carbocycles. The van der Waals surface area contributed by atoms with Crippen molar-refractivity contribution in [1.29, 1.82) is 0 Å². The van der Waals surface area contributed by atoms with Crippen molar-refractivity contribution in [2.24, 2.45) is 5.92 Å². The number of hydrogen-bond donors (Lipinski definition) is 0. The van der Waals surface area contributed by atoms with Gasteiger partial charge < -0.3 is 0 Å². The predicted molar refractivity (Wildman–Crippen MR) is 45.5 cm³/mol. The van der Waals surface area contributed by atoms with E-state index in [1.807, 2.05) is 0 Å². The summed E-state index contributed by atoms with van der Waals surface area (Å²) in [6.07, 6.45) is -0.526. The number of sulfone groups is 1. The maximum absolute atomic E-state index is 12.9. The van der Waals surface area contributed by atoms with Crippen LogP contribution in [0.25, 0.3) is 0 Å². The first-order valence-electron chi connectivity index (χ1n) is 3.45. The Labute approximate surface area is 74.2 Å². The van der Waals surface area contributed by atoms with Crippen LogP contribution < -0.4 is 0 Å². The Morgan fingerprint density at radius 2 is 2.27 bits per heavy atom. The monoisotopic (exact) mass is 244 g/mol. The van der Waals surface area contributed by atoms with Crippen molar-refractivity contribution in [2.75, 3.05) is 16.8 Å². The van der Waals surface area contributed by atoms with Crippen LogP contribution in [0.2, 0.25) is 0 Å². The van der Waals surface area contributed by atoms with E-state index < -0.39 is 16.0 Å². The summed E-state index contributed by atoms with van der Waals surface area (Å²) in [6, 6.07) is 0. The molecule has 0 aromatic carbocycles. The van der Waals surface area contributed by atoms with Crippen LogP contribution in [-0.4, -0.2) is 31.4 Å². The maximum atomic E-state index is 12.9. The highest BCUT2D eigenvalue weighted by molar-refractivity contribution is 9.09.